The van der Waals surface area contributed by atoms with Gasteiger partial charge >= 0.3 is 0 Å². The Balaban J connectivity index is 1.51. The van der Waals surface area contributed by atoms with Crippen LogP contribution in [-0.4, -0.2) is 35.1 Å². The van der Waals surface area contributed by atoms with Gasteiger partial charge in [-0.1, -0.05) is 0 Å². The second-order valence-electron chi connectivity index (χ2n) is 6.82. The van der Waals surface area contributed by atoms with E-state index < -0.39 is 0 Å². The zero-order valence-corrected chi connectivity index (χ0v) is 15.5. The van der Waals surface area contributed by atoms with Crippen molar-refractivity contribution in [2.75, 3.05) is 5.73 Å². The number of hydrogen-bond donors (Lipinski definition) is 3. The van der Waals surface area contributed by atoms with Crippen LogP contribution in [0.25, 0.3) is 56.0 Å². The SMILES string of the molecule is Nc1ccc(-c2ccc3[nH]nc(-c4nc5c(-c6ccoc6)cncc5[nH]4)c3n2)cn1. The predicted molar refractivity (Wildman–Crippen MR) is 112 cm³/mol. The average Bonchev–Trinajstić information content (AvgIpc) is 3.52. The van der Waals surface area contributed by atoms with Crippen LogP contribution in [0.15, 0.2) is 65.9 Å². The lowest BCUT2D eigenvalue weighted by molar-refractivity contribution is 0.568. The molecule has 144 valence electrons. The molecule has 0 fully saturated rings. The number of imidazole rings is 1. The quantitative estimate of drug-likeness (QED) is 0.415. The highest BCUT2D eigenvalue weighted by Crippen LogP contribution is 2.31. The van der Waals surface area contributed by atoms with Crippen LogP contribution >= 0.6 is 0 Å². The van der Waals surface area contributed by atoms with Crippen molar-refractivity contribution in [3.63, 3.8) is 0 Å². The topological polar surface area (TPSA) is 135 Å². The molecule has 6 rings (SSSR count). The summed E-state index contributed by atoms with van der Waals surface area (Å²) in [5.74, 6) is 1.07. The molecule has 0 atom stereocenters. The number of furan rings is 1. The van der Waals surface area contributed by atoms with Gasteiger partial charge in [0.15, 0.2) is 11.5 Å². The number of fused-ring (bicyclic) bond motifs is 2. The second-order valence-corrected chi connectivity index (χ2v) is 6.82. The number of anilines is 1. The number of aromatic nitrogens is 7. The smallest absolute Gasteiger partial charge is 0.161 e. The summed E-state index contributed by atoms with van der Waals surface area (Å²) in [4.78, 5) is 21.3. The Morgan fingerprint density at radius 2 is 1.83 bits per heavy atom. The summed E-state index contributed by atoms with van der Waals surface area (Å²) < 4.78 is 5.21. The standard InChI is InChI=1S/C21H14N8O/c22-17-4-1-11(7-24-17)14-2-3-15-19(25-14)20(29-28-15)21-26-16-9-23-8-13(18(16)27-21)12-5-6-30-10-12/h1-10H,(H2,22,24)(H,26,27)(H,28,29). The fourth-order valence-corrected chi connectivity index (χ4v) is 3.46. The number of nitrogens with one attached hydrogen (secondary N) is 2. The summed E-state index contributed by atoms with van der Waals surface area (Å²) in [6, 6.07) is 9.37. The van der Waals surface area contributed by atoms with Gasteiger partial charge in [-0.3, -0.25) is 10.1 Å². The number of nitrogens with zero attached hydrogens (tertiary/aromatic N) is 5. The van der Waals surface area contributed by atoms with E-state index >= 15 is 0 Å². The van der Waals surface area contributed by atoms with Gasteiger partial charge in [-0.05, 0) is 30.3 Å². The molecule has 0 amide bonds. The normalized spacial score (nSPS) is 11.5. The Labute approximate surface area is 169 Å². The molecule has 6 aromatic rings. The van der Waals surface area contributed by atoms with Crippen LogP contribution in [0.1, 0.15) is 0 Å². The molecule has 0 spiro atoms. The Kier molecular flexibility index (Phi) is 3.42. The van der Waals surface area contributed by atoms with Crippen molar-refractivity contribution in [3.8, 4) is 33.9 Å². The highest BCUT2D eigenvalue weighted by molar-refractivity contribution is 5.95. The summed E-state index contributed by atoms with van der Waals surface area (Å²) >= 11 is 0. The van der Waals surface area contributed by atoms with E-state index in [1.165, 1.54) is 0 Å². The maximum atomic E-state index is 5.69. The Morgan fingerprint density at radius 3 is 2.67 bits per heavy atom. The van der Waals surface area contributed by atoms with Crippen LogP contribution in [0, 0.1) is 0 Å². The fraction of sp³-hybridized carbons (Fsp3) is 0. The zero-order valence-electron chi connectivity index (χ0n) is 15.5. The molecule has 0 aliphatic heterocycles. The predicted octanol–water partition coefficient (Wildman–Crippen LogP) is 3.80. The maximum absolute atomic E-state index is 5.69. The highest BCUT2D eigenvalue weighted by Gasteiger charge is 2.17. The number of rotatable bonds is 3. The van der Waals surface area contributed by atoms with E-state index in [9.17, 15) is 0 Å². The molecule has 6 heterocycles. The van der Waals surface area contributed by atoms with Crippen LogP contribution in [0.3, 0.4) is 0 Å². The number of aromatic amines is 2. The molecule has 0 aromatic carbocycles. The minimum Gasteiger partial charge on any atom is -0.472 e. The van der Waals surface area contributed by atoms with Crippen molar-refractivity contribution in [2.24, 2.45) is 0 Å². The van der Waals surface area contributed by atoms with E-state index in [0.717, 1.165) is 38.9 Å². The van der Waals surface area contributed by atoms with Gasteiger partial charge in [-0.2, -0.15) is 5.10 Å². The Bertz CT molecular complexity index is 1500. The molecule has 6 aromatic heterocycles. The van der Waals surface area contributed by atoms with E-state index in [2.05, 4.69) is 25.1 Å². The van der Waals surface area contributed by atoms with Crippen LogP contribution in [-0.2, 0) is 0 Å². The van der Waals surface area contributed by atoms with Crippen LogP contribution < -0.4 is 5.73 Å². The van der Waals surface area contributed by atoms with Gasteiger partial charge in [0, 0.05) is 29.1 Å². The van der Waals surface area contributed by atoms with Gasteiger partial charge in [-0.15, -0.1) is 0 Å². The monoisotopic (exact) mass is 394 g/mol. The minimum atomic E-state index is 0.466. The lowest BCUT2D eigenvalue weighted by Crippen LogP contribution is -1.91. The molecule has 9 nitrogen and oxygen atoms in total. The number of pyridine rings is 3. The maximum Gasteiger partial charge on any atom is 0.161 e. The van der Waals surface area contributed by atoms with Crippen LogP contribution in [0.4, 0.5) is 5.82 Å². The molecule has 0 saturated heterocycles. The van der Waals surface area contributed by atoms with Crippen LogP contribution in [0.2, 0.25) is 0 Å². The van der Waals surface area contributed by atoms with Crippen molar-refractivity contribution < 1.29 is 4.42 Å². The molecule has 0 saturated carbocycles. The summed E-state index contributed by atoms with van der Waals surface area (Å²) in [7, 11) is 0. The van der Waals surface area contributed by atoms with Crippen molar-refractivity contribution in [2.45, 2.75) is 0 Å². The first-order valence-corrected chi connectivity index (χ1v) is 9.20. The van der Waals surface area contributed by atoms with E-state index in [1.54, 1.807) is 37.2 Å². The molecule has 4 N–H and O–H groups in total. The number of nitrogen functional groups attached to an aromatic ring is 1. The third kappa shape index (κ3) is 2.53. The summed E-state index contributed by atoms with van der Waals surface area (Å²) in [5, 5.41) is 7.47. The lowest BCUT2D eigenvalue weighted by Gasteiger charge is -2.01. The fourth-order valence-electron chi connectivity index (χ4n) is 3.46. The average molecular weight is 394 g/mol. The molecule has 0 aliphatic rings. The van der Waals surface area contributed by atoms with Gasteiger partial charge in [0.25, 0.3) is 0 Å². The van der Waals surface area contributed by atoms with Crippen molar-refractivity contribution in [3.05, 3.63) is 61.4 Å². The van der Waals surface area contributed by atoms with Gasteiger partial charge in [0.2, 0.25) is 0 Å². The molecule has 0 unspecified atom stereocenters. The van der Waals surface area contributed by atoms with Crippen molar-refractivity contribution >= 4 is 27.9 Å². The molecule has 9 heteroatoms. The third-order valence-corrected chi connectivity index (χ3v) is 4.94. The summed E-state index contributed by atoms with van der Waals surface area (Å²) in [5.41, 5.74) is 12.9. The summed E-state index contributed by atoms with van der Waals surface area (Å²) in [6.45, 7) is 0. The first kappa shape index (κ1) is 16.4. The highest BCUT2D eigenvalue weighted by atomic mass is 16.3. The zero-order chi connectivity index (χ0) is 20.1. The molecule has 0 radical (unpaired) electrons. The molecule has 0 bridgehead atoms. The molecule has 0 aliphatic carbocycles. The van der Waals surface area contributed by atoms with Gasteiger partial charge in [0.1, 0.15) is 16.9 Å². The van der Waals surface area contributed by atoms with Crippen molar-refractivity contribution in [1.29, 1.82) is 0 Å². The van der Waals surface area contributed by atoms with E-state index in [1.807, 2.05) is 24.3 Å². The number of hydrogen-bond acceptors (Lipinski definition) is 7. The van der Waals surface area contributed by atoms with E-state index in [-0.39, 0.29) is 0 Å². The van der Waals surface area contributed by atoms with E-state index in [4.69, 9.17) is 20.1 Å². The number of nitrogens with two attached hydrogens (primary N) is 1. The first-order valence-electron chi connectivity index (χ1n) is 9.20. The Hall–Kier alpha value is -4.53. The third-order valence-electron chi connectivity index (χ3n) is 4.94. The molecular weight excluding hydrogens is 380 g/mol. The first-order chi connectivity index (χ1) is 14.8. The van der Waals surface area contributed by atoms with Gasteiger partial charge in [0.05, 0.1) is 35.5 Å². The van der Waals surface area contributed by atoms with E-state index in [0.29, 0.717) is 22.9 Å². The second kappa shape index (κ2) is 6.24. The number of H-pyrrole nitrogens is 2. The van der Waals surface area contributed by atoms with Gasteiger partial charge in [-0.25, -0.2) is 15.0 Å². The lowest BCUT2D eigenvalue weighted by atomic mass is 10.1. The van der Waals surface area contributed by atoms with Gasteiger partial charge < -0.3 is 15.1 Å². The van der Waals surface area contributed by atoms with Crippen molar-refractivity contribution in [1.82, 2.24) is 35.1 Å². The summed E-state index contributed by atoms with van der Waals surface area (Å²) in [6.07, 6.45) is 8.51. The largest absolute Gasteiger partial charge is 0.472 e. The van der Waals surface area contributed by atoms with Crippen LogP contribution in [0.5, 0.6) is 0 Å². The Morgan fingerprint density at radius 1 is 0.867 bits per heavy atom. The molecule has 30 heavy (non-hydrogen) atoms. The minimum absolute atomic E-state index is 0.466. The molecular formula is C21H14N8O.